The highest BCUT2D eigenvalue weighted by Gasteiger charge is 2.32. The van der Waals surface area contributed by atoms with Crippen molar-refractivity contribution in [2.24, 2.45) is 23.7 Å². The third-order valence-electron chi connectivity index (χ3n) is 10.5. The number of ether oxygens (including phenoxy) is 4. The van der Waals surface area contributed by atoms with E-state index in [4.69, 9.17) is 29.2 Å². The predicted molar refractivity (Wildman–Crippen MR) is 223 cm³/mol. The zero-order chi connectivity index (χ0) is 48.0. The first-order valence-electron chi connectivity index (χ1n) is 19.4. The van der Waals surface area contributed by atoms with Crippen molar-refractivity contribution in [3.05, 3.63) is 70.8 Å². The zero-order valence-electron chi connectivity index (χ0n) is 35.2. The van der Waals surface area contributed by atoms with Crippen LogP contribution >= 0.6 is 0 Å². The van der Waals surface area contributed by atoms with Crippen LogP contribution in [0, 0.1) is 23.7 Å². The summed E-state index contributed by atoms with van der Waals surface area (Å²) >= 11 is 0. The Labute approximate surface area is 366 Å². The Morgan fingerprint density at radius 2 is 0.641 bits per heavy atom. The number of carboxylic acids is 4. The second-order valence-electron chi connectivity index (χ2n) is 14.8. The molecule has 4 rings (SSSR count). The fourth-order valence-corrected chi connectivity index (χ4v) is 7.22. The van der Waals surface area contributed by atoms with Gasteiger partial charge in [0.05, 0.1) is 40.3 Å². The molecule has 0 unspecified atom stereocenters. The van der Waals surface area contributed by atoms with E-state index in [9.17, 15) is 70.2 Å². The zero-order valence-corrected chi connectivity index (χ0v) is 35.2. The van der Waals surface area contributed by atoms with Crippen LogP contribution in [-0.2, 0) is 44.9 Å². The maximum absolute atomic E-state index is 12.1. The molecule has 64 heavy (non-hydrogen) atoms. The number of hydrogen-bond donors (Lipinski definition) is 12. The average Bonchev–Trinajstić information content (AvgIpc) is 3.23. The highest BCUT2D eigenvalue weighted by atomic mass is 16.5. The molecule has 0 aliphatic heterocycles. The normalized spacial score (nSPS) is 12.7. The van der Waals surface area contributed by atoms with Gasteiger partial charge in [0, 0.05) is 12.8 Å². The summed E-state index contributed by atoms with van der Waals surface area (Å²) in [6.07, 6.45) is -0.504. The molecule has 0 aromatic heterocycles. The fraction of sp³-hybridized carbons (Fsp3) is 0.364. The van der Waals surface area contributed by atoms with Gasteiger partial charge in [0.1, 0.15) is 0 Å². The van der Waals surface area contributed by atoms with Gasteiger partial charge in [-0.2, -0.15) is 0 Å². The highest BCUT2D eigenvalue weighted by molar-refractivity contribution is 5.73. The lowest BCUT2D eigenvalue weighted by Crippen LogP contribution is -2.28. The van der Waals surface area contributed by atoms with E-state index in [1.165, 1.54) is 77.0 Å². The number of phenols is 8. The lowest BCUT2D eigenvalue weighted by molar-refractivity contribution is -0.145. The Bertz CT molecular complexity index is 2130. The summed E-state index contributed by atoms with van der Waals surface area (Å²) in [4.78, 5) is 46.6. The molecule has 20 nitrogen and oxygen atoms in total. The van der Waals surface area contributed by atoms with Gasteiger partial charge in [-0.1, -0.05) is 0 Å². The van der Waals surface area contributed by atoms with Gasteiger partial charge in [0.25, 0.3) is 0 Å². The molecule has 0 aliphatic carbocycles. The Kier molecular flexibility index (Phi) is 18.2. The quantitative estimate of drug-likeness (QED) is 0.0462. The molecule has 4 aromatic rings. The van der Waals surface area contributed by atoms with Gasteiger partial charge in [-0.3, -0.25) is 19.2 Å². The third kappa shape index (κ3) is 13.7. The minimum atomic E-state index is -1.18. The Balaban J connectivity index is 0.000000340. The number of benzene rings is 4. The summed E-state index contributed by atoms with van der Waals surface area (Å²) in [6.45, 7) is 0. The summed E-state index contributed by atoms with van der Waals surface area (Å²) in [6, 6.07) is 10.6. The molecule has 0 heterocycles. The van der Waals surface area contributed by atoms with Crippen molar-refractivity contribution in [3.8, 4) is 69.0 Å². The minimum absolute atomic E-state index is 0.00273. The van der Waals surface area contributed by atoms with Crippen molar-refractivity contribution >= 4 is 23.9 Å². The summed E-state index contributed by atoms with van der Waals surface area (Å²) in [5, 5.41) is 117. The molecule has 0 saturated heterocycles. The summed E-state index contributed by atoms with van der Waals surface area (Å²) < 4.78 is 20.0. The number of phenolic OH excluding ortho intramolecular Hbond substituents is 8. The first-order valence-corrected chi connectivity index (χ1v) is 19.4. The topological polar surface area (TPSA) is 348 Å². The van der Waals surface area contributed by atoms with E-state index in [0.29, 0.717) is 22.3 Å². The van der Waals surface area contributed by atoms with E-state index in [1.54, 1.807) is 0 Å². The van der Waals surface area contributed by atoms with E-state index in [-0.39, 0.29) is 74.4 Å². The molecule has 0 aliphatic rings. The molecule has 0 bridgehead atoms. The molecule has 0 saturated carbocycles. The molecule has 4 atom stereocenters. The maximum Gasteiger partial charge on any atom is 0.307 e. The van der Waals surface area contributed by atoms with Crippen LogP contribution in [0.5, 0.6) is 69.0 Å². The van der Waals surface area contributed by atoms with Crippen molar-refractivity contribution < 1.29 is 99.4 Å². The van der Waals surface area contributed by atoms with Gasteiger partial charge in [-0.05, 0) is 121 Å². The van der Waals surface area contributed by atoms with Gasteiger partial charge >= 0.3 is 23.9 Å². The molecule has 20 heteroatoms. The van der Waals surface area contributed by atoms with Crippen LogP contribution in [-0.4, -0.2) is 114 Å². The molecular weight excluding hydrogens is 848 g/mol. The van der Waals surface area contributed by atoms with Crippen molar-refractivity contribution in [3.63, 3.8) is 0 Å². The van der Waals surface area contributed by atoms with E-state index < -0.39 is 93.5 Å². The Hall–Kier alpha value is -7.64. The van der Waals surface area contributed by atoms with E-state index in [1.807, 2.05) is 0 Å². The van der Waals surface area contributed by atoms with Crippen molar-refractivity contribution in [2.75, 3.05) is 28.4 Å². The van der Waals surface area contributed by atoms with Crippen LogP contribution in [0.3, 0.4) is 0 Å². The first-order chi connectivity index (χ1) is 30.1. The minimum Gasteiger partial charge on any atom is -0.504 e. The first kappa shape index (κ1) is 50.7. The molecule has 0 amide bonds. The fourth-order valence-electron chi connectivity index (χ4n) is 7.22. The van der Waals surface area contributed by atoms with Gasteiger partial charge < -0.3 is 80.2 Å². The molecule has 0 spiro atoms. The molecule has 0 fully saturated rings. The van der Waals surface area contributed by atoms with Crippen LogP contribution in [0.4, 0.5) is 0 Å². The number of carboxylic acid groups (broad SMARTS) is 4. The number of aromatic hydroxyl groups is 8. The van der Waals surface area contributed by atoms with E-state index in [2.05, 4.69) is 0 Å². The lowest BCUT2D eigenvalue weighted by Gasteiger charge is -2.25. The van der Waals surface area contributed by atoms with Gasteiger partial charge in [0.2, 0.25) is 23.0 Å². The third-order valence-corrected chi connectivity index (χ3v) is 10.5. The predicted octanol–water partition coefficient (Wildman–Crippen LogP) is 4.99. The van der Waals surface area contributed by atoms with Crippen molar-refractivity contribution in [1.29, 1.82) is 0 Å². The monoisotopic (exact) mass is 900 g/mol. The number of rotatable bonds is 22. The largest absolute Gasteiger partial charge is 0.504 e. The summed E-state index contributed by atoms with van der Waals surface area (Å²) in [7, 11) is 5.16. The second-order valence-corrected chi connectivity index (χ2v) is 14.8. The number of carbonyl (C=O) groups is 4. The molecule has 4 aromatic carbocycles. The van der Waals surface area contributed by atoms with Crippen molar-refractivity contribution in [1.82, 2.24) is 0 Å². The van der Waals surface area contributed by atoms with Gasteiger partial charge in [-0.15, -0.1) is 0 Å². The molecule has 348 valence electrons. The molecular formula is C44H52O20. The highest BCUT2D eigenvalue weighted by Crippen LogP contribution is 2.42. The lowest BCUT2D eigenvalue weighted by atomic mass is 9.80. The van der Waals surface area contributed by atoms with Crippen LogP contribution in [0.15, 0.2) is 48.5 Å². The Morgan fingerprint density at radius 3 is 0.844 bits per heavy atom. The SMILES string of the molecule is COc1cc(C[C@@H](CCC(=O)O)[C@@H](Cc2cc(O)c(O)c(OC)c2)C(=O)O)cc(O)c1O.COc1cc(C[C@H](CCC(=O)O)[C@H](Cc2cc(O)c(O)c(OC)c2)C(=O)O)cc(O)c1O. The van der Waals surface area contributed by atoms with E-state index in [0.717, 1.165) is 0 Å². The van der Waals surface area contributed by atoms with E-state index >= 15 is 0 Å². The molecule has 12 N–H and O–H groups in total. The standard InChI is InChI=1S/2C22H26O10/c2*1-31-17-9-11(7-15(23)20(17)27)5-13(3-4-19(25)26)14(22(29)30)6-12-8-16(24)21(28)18(10-12)32-2/h2*7-10,13-14,23-24,27-28H,3-6H2,1-2H3,(H,25,26)(H,29,30)/t2*13-,14-/m10/s1. The van der Waals surface area contributed by atoms with Gasteiger partial charge in [-0.25, -0.2) is 0 Å². The van der Waals surface area contributed by atoms with Crippen LogP contribution < -0.4 is 18.9 Å². The van der Waals surface area contributed by atoms with Crippen LogP contribution in [0.25, 0.3) is 0 Å². The Morgan fingerprint density at radius 1 is 0.406 bits per heavy atom. The van der Waals surface area contributed by atoms with Crippen molar-refractivity contribution in [2.45, 2.75) is 51.4 Å². The van der Waals surface area contributed by atoms with Crippen LogP contribution in [0.2, 0.25) is 0 Å². The van der Waals surface area contributed by atoms with Gasteiger partial charge in [0.15, 0.2) is 46.0 Å². The number of hydrogen-bond acceptors (Lipinski definition) is 16. The number of methoxy groups -OCH3 is 4. The molecule has 0 radical (unpaired) electrons. The maximum atomic E-state index is 12.1. The summed E-state index contributed by atoms with van der Waals surface area (Å²) in [5.74, 6) is -11.8. The second kappa shape index (κ2) is 23.0. The summed E-state index contributed by atoms with van der Waals surface area (Å²) in [5.41, 5.74) is 1.64. The smallest absolute Gasteiger partial charge is 0.307 e. The average molecular weight is 901 g/mol. The van der Waals surface area contributed by atoms with Crippen LogP contribution in [0.1, 0.15) is 47.9 Å². The number of aliphatic carboxylic acids is 4.